The zero-order valence-electron chi connectivity index (χ0n) is 12.3. The molecule has 1 aliphatic heterocycles. The van der Waals surface area contributed by atoms with Crippen LogP contribution in [0.2, 0.25) is 0 Å². The molecule has 116 valence electrons. The van der Waals surface area contributed by atoms with Crippen LogP contribution in [0.1, 0.15) is 0 Å². The average molecular weight is 303 g/mol. The summed E-state index contributed by atoms with van der Waals surface area (Å²) in [5, 5.41) is 0. The Kier molecular flexibility index (Phi) is 4.24. The number of ether oxygens (including phenoxy) is 2. The predicted molar refractivity (Wildman–Crippen MR) is 78.6 cm³/mol. The van der Waals surface area contributed by atoms with E-state index in [9.17, 15) is 4.79 Å². The van der Waals surface area contributed by atoms with Gasteiger partial charge in [-0.15, -0.1) is 0 Å². The van der Waals surface area contributed by atoms with Gasteiger partial charge in [0.15, 0.2) is 0 Å². The summed E-state index contributed by atoms with van der Waals surface area (Å²) in [5.41, 5.74) is 1.58. The summed E-state index contributed by atoms with van der Waals surface area (Å²) in [4.78, 5) is 23.2. The second-order valence-electron chi connectivity index (χ2n) is 4.79. The molecule has 0 atom stereocenters. The first-order chi connectivity index (χ1) is 10.8. The Hall–Kier alpha value is -2.54. The summed E-state index contributed by atoms with van der Waals surface area (Å²) in [7, 11) is 1.61. The van der Waals surface area contributed by atoms with Gasteiger partial charge in [0.2, 0.25) is 0 Å². The minimum Gasteiger partial charge on any atom is -0.497 e. The predicted octanol–water partition coefficient (Wildman–Crippen LogP) is 1.44. The van der Waals surface area contributed by atoms with Gasteiger partial charge in [-0.05, 0) is 24.3 Å². The molecule has 1 aromatic carbocycles. The topological polar surface area (TPSA) is 65.8 Å². The van der Waals surface area contributed by atoms with Crippen LogP contribution in [-0.4, -0.2) is 54.1 Å². The number of hydrogen-bond donors (Lipinski definition) is 0. The molecule has 7 heteroatoms. The van der Waals surface area contributed by atoms with Crippen LogP contribution < -0.4 is 9.57 Å². The molecule has 0 unspecified atom stereocenters. The second-order valence-corrected chi connectivity index (χ2v) is 4.79. The maximum atomic E-state index is 12.1. The summed E-state index contributed by atoms with van der Waals surface area (Å²) < 4.78 is 11.7. The summed E-state index contributed by atoms with van der Waals surface area (Å²) in [6.07, 6.45) is 2.71. The standard InChI is InChI=1S/C15H17N3O4/c1-20-13-4-2-12(3-5-13)14-10-16-11-18(14)22-15(19)17-6-8-21-9-7-17/h2-5,10-11H,6-9H2,1H3. The molecule has 1 aliphatic rings. The quantitative estimate of drug-likeness (QED) is 0.858. The van der Waals surface area contributed by atoms with E-state index in [4.69, 9.17) is 14.3 Å². The molecule has 1 amide bonds. The van der Waals surface area contributed by atoms with Gasteiger partial charge < -0.3 is 19.2 Å². The highest BCUT2D eigenvalue weighted by Gasteiger charge is 2.20. The lowest BCUT2D eigenvalue weighted by atomic mass is 10.2. The van der Waals surface area contributed by atoms with Crippen LogP contribution in [-0.2, 0) is 4.74 Å². The number of carbonyl (C=O) groups is 1. The van der Waals surface area contributed by atoms with Gasteiger partial charge in [-0.2, -0.15) is 4.73 Å². The van der Waals surface area contributed by atoms with E-state index in [1.54, 1.807) is 18.2 Å². The second kappa shape index (κ2) is 6.48. The van der Waals surface area contributed by atoms with Crippen LogP contribution >= 0.6 is 0 Å². The third-order valence-electron chi connectivity index (χ3n) is 3.44. The lowest BCUT2D eigenvalue weighted by Crippen LogP contribution is -2.44. The van der Waals surface area contributed by atoms with Gasteiger partial charge in [0.25, 0.3) is 0 Å². The fourth-order valence-electron chi connectivity index (χ4n) is 2.21. The third-order valence-corrected chi connectivity index (χ3v) is 3.44. The van der Waals surface area contributed by atoms with Gasteiger partial charge in [-0.25, -0.2) is 9.78 Å². The van der Waals surface area contributed by atoms with E-state index in [-0.39, 0.29) is 0 Å². The minimum atomic E-state index is -0.406. The SMILES string of the molecule is COc1ccc(-c2cncn2OC(=O)N2CCOCC2)cc1. The Balaban J connectivity index is 1.75. The Morgan fingerprint density at radius 3 is 2.64 bits per heavy atom. The Morgan fingerprint density at radius 1 is 1.23 bits per heavy atom. The molecule has 0 radical (unpaired) electrons. The molecule has 0 N–H and O–H groups in total. The van der Waals surface area contributed by atoms with Crippen molar-refractivity contribution in [1.82, 2.24) is 14.6 Å². The van der Waals surface area contributed by atoms with Gasteiger partial charge in [0, 0.05) is 18.7 Å². The summed E-state index contributed by atoms with van der Waals surface area (Å²) in [6.45, 7) is 2.13. The van der Waals surface area contributed by atoms with E-state index in [1.165, 1.54) is 11.1 Å². The van der Waals surface area contributed by atoms with Crippen molar-refractivity contribution in [2.24, 2.45) is 0 Å². The van der Waals surface area contributed by atoms with Crippen molar-refractivity contribution < 1.29 is 19.1 Å². The molecule has 3 rings (SSSR count). The molecule has 0 saturated carbocycles. The van der Waals surface area contributed by atoms with E-state index in [2.05, 4.69) is 4.98 Å². The van der Waals surface area contributed by atoms with Gasteiger partial charge in [0.1, 0.15) is 17.8 Å². The lowest BCUT2D eigenvalue weighted by Gasteiger charge is -2.25. The number of carbonyl (C=O) groups excluding carboxylic acids is 1. The van der Waals surface area contributed by atoms with Gasteiger partial charge in [0.05, 0.1) is 26.5 Å². The highest BCUT2D eigenvalue weighted by Crippen LogP contribution is 2.21. The number of rotatable bonds is 3. The summed E-state index contributed by atoms with van der Waals surface area (Å²) >= 11 is 0. The Morgan fingerprint density at radius 2 is 1.95 bits per heavy atom. The van der Waals surface area contributed by atoms with E-state index in [0.29, 0.717) is 32.0 Å². The summed E-state index contributed by atoms with van der Waals surface area (Å²) in [5.74, 6) is 0.764. The number of methoxy groups -OCH3 is 1. The van der Waals surface area contributed by atoms with E-state index in [1.807, 2.05) is 24.3 Å². The number of nitrogens with zero attached hydrogens (tertiary/aromatic N) is 3. The van der Waals surface area contributed by atoms with Crippen LogP contribution in [0.5, 0.6) is 5.75 Å². The fraction of sp³-hybridized carbons (Fsp3) is 0.333. The minimum absolute atomic E-state index is 0.406. The number of imidazole rings is 1. The molecule has 0 aliphatic carbocycles. The normalized spacial score (nSPS) is 14.7. The maximum absolute atomic E-state index is 12.1. The average Bonchev–Trinajstić information content (AvgIpc) is 3.04. The molecular weight excluding hydrogens is 286 g/mol. The Labute approximate surface area is 128 Å². The number of benzene rings is 1. The van der Waals surface area contributed by atoms with Gasteiger partial charge in [-0.3, -0.25) is 0 Å². The zero-order chi connectivity index (χ0) is 15.4. The van der Waals surface area contributed by atoms with E-state index < -0.39 is 6.09 Å². The summed E-state index contributed by atoms with van der Waals surface area (Å²) in [6, 6.07) is 7.46. The molecule has 2 heterocycles. The number of hydrogen-bond acceptors (Lipinski definition) is 5. The van der Waals surface area contributed by atoms with Crippen LogP contribution in [0.25, 0.3) is 11.3 Å². The molecule has 7 nitrogen and oxygen atoms in total. The molecule has 1 aromatic heterocycles. The van der Waals surface area contributed by atoms with E-state index in [0.717, 1.165) is 11.3 Å². The third kappa shape index (κ3) is 3.04. The number of aromatic nitrogens is 2. The molecule has 0 spiro atoms. The van der Waals surface area contributed by atoms with Crippen LogP contribution in [0.4, 0.5) is 4.79 Å². The van der Waals surface area contributed by atoms with Crippen molar-refractivity contribution in [1.29, 1.82) is 0 Å². The molecule has 22 heavy (non-hydrogen) atoms. The monoisotopic (exact) mass is 303 g/mol. The van der Waals surface area contributed by atoms with Crippen molar-refractivity contribution in [2.45, 2.75) is 0 Å². The van der Waals surface area contributed by atoms with Crippen molar-refractivity contribution in [3.63, 3.8) is 0 Å². The Bertz CT molecular complexity index is 632. The first-order valence-corrected chi connectivity index (χ1v) is 6.99. The van der Waals surface area contributed by atoms with Gasteiger partial charge in [-0.1, -0.05) is 0 Å². The van der Waals surface area contributed by atoms with Crippen LogP contribution in [0, 0.1) is 0 Å². The largest absolute Gasteiger partial charge is 0.497 e. The highest BCUT2D eigenvalue weighted by molar-refractivity contribution is 5.69. The first-order valence-electron chi connectivity index (χ1n) is 6.99. The van der Waals surface area contributed by atoms with Crippen molar-refractivity contribution in [3.8, 4) is 17.0 Å². The zero-order valence-corrected chi connectivity index (χ0v) is 12.3. The maximum Gasteiger partial charge on any atom is 0.434 e. The highest BCUT2D eigenvalue weighted by atomic mass is 16.7. The van der Waals surface area contributed by atoms with Crippen LogP contribution in [0.3, 0.4) is 0 Å². The van der Waals surface area contributed by atoms with Gasteiger partial charge >= 0.3 is 6.09 Å². The molecule has 2 aromatic rings. The van der Waals surface area contributed by atoms with Crippen LogP contribution in [0.15, 0.2) is 36.8 Å². The lowest BCUT2D eigenvalue weighted by molar-refractivity contribution is 0.0249. The molecule has 1 saturated heterocycles. The molecular formula is C15H17N3O4. The van der Waals surface area contributed by atoms with Crippen molar-refractivity contribution in [3.05, 3.63) is 36.8 Å². The molecule has 1 fully saturated rings. The number of morpholine rings is 1. The van der Waals surface area contributed by atoms with Crippen molar-refractivity contribution in [2.75, 3.05) is 33.4 Å². The smallest absolute Gasteiger partial charge is 0.434 e. The van der Waals surface area contributed by atoms with E-state index >= 15 is 0 Å². The van der Waals surface area contributed by atoms with Crippen molar-refractivity contribution >= 4 is 6.09 Å². The number of amides is 1. The first kappa shape index (κ1) is 14.4. The molecule has 0 bridgehead atoms. The fourth-order valence-corrected chi connectivity index (χ4v) is 2.21.